The maximum absolute atomic E-state index is 9.00. The third kappa shape index (κ3) is 4.56. The number of rotatable bonds is 1. The average molecular weight is 208 g/mol. The minimum atomic E-state index is -0.833. The van der Waals surface area contributed by atoms with Crippen molar-refractivity contribution in [3.05, 3.63) is 30.1 Å². The standard InChI is InChI=1S/C9H12N2.C2H4O2/c1-2-5-11-9(3-1)8-4-6-10-7-8;1-2(3)4/h1-3,5,8,10H,4,6-7H2;1H3,(H,3,4). The second-order valence-corrected chi connectivity index (χ2v) is 3.46. The number of pyridine rings is 1. The molecular weight excluding hydrogens is 192 g/mol. The molecule has 2 heterocycles. The van der Waals surface area contributed by atoms with E-state index in [2.05, 4.69) is 22.4 Å². The molecule has 1 fully saturated rings. The van der Waals surface area contributed by atoms with Gasteiger partial charge in [0, 0.05) is 31.3 Å². The van der Waals surface area contributed by atoms with E-state index in [1.165, 1.54) is 12.1 Å². The molecule has 1 aromatic heterocycles. The molecular formula is C11H16N2O2. The molecule has 1 saturated heterocycles. The number of aliphatic carboxylic acids is 1. The fourth-order valence-corrected chi connectivity index (χ4v) is 1.52. The minimum Gasteiger partial charge on any atom is -0.481 e. The molecule has 0 aliphatic carbocycles. The van der Waals surface area contributed by atoms with E-state index in [4.69, 9.17) is 9.90 Å². The van der Waals surface area contributed by atoms with Crippen LogP contribution in [0.15, 0.2) is 24.4 Å². The van der Waals surface area contributed by atoms with Crippen molar-refractivity contribution in [3.63, 3.8) is 0 Å². The van der Waals surface area contributed by atoms with Crippen LogP contribution in [0, 0.1) is 0 Å². The van der Waals surface area contributed by atoms with E-state index in [0.29, 0.717) is 5.92 Å². The number of aromatic nitrogens is 1. The van der Waals surface area contributed by atoms with Gasteiger partial charge >= 0.3 is 0 Å². The van der Waals surface area contributed by atoms with Gasteiger partial charge in [-0.25, -0.2) is 0 Å². The van der Waals surface area contributed by atoms with Crippen LogP contribution in [0.4, 0.5) is 0 Å². The fourth-order valence-electron chi connectivity index (χ4n) is 1.52. The van der Waals surface area contributed by atoms with Crippen LogP contribution in [0.3, 0.4) is 0 Å². The van der Waals surface area contributed by atoms with Gasteiger partial charge in [0.1, 0.15) is 0 Å². The van der Waals surface area contributed by atoms with Crippen molar-refractivity contribution in [1.29, 1.82) is 0 Å². The number of nitrogens with zero attached hydrogens (tertiary/aromatic N) is 1. The number of carbonyl (C=O) groups is 1. The lowest BCUT2D eigenvalue weighted by atomic mass is 10.0. The first-order chi connectivity index (χ1) is 7.20. The summed E-state index contributed by atoms with van der Waals surface area (Å²) in [5.41, 5.74) is 1.23. The second-order valence-electron chi connectivity index (χ2n) is 3.46. The number of nitrogens with one attached hydrogen (secondary N) is 1. The van der Waals surface area contributed by atoms with Crippen LogP contribution >= 0.6 is 0 Å². The molecule has 82 valence electrons. The maximum atomic E-state index is 9.00. The second kappa shape index (κ2) is 6.14. The highest BCUT2D eigenvalue weighted by atomic mass is 16.4. The molecule has 15 heavy (non-hydrogen) atoms. The van der Waals surface area contributed by atoms with Crippen LogP contribution in [0.5, 0.6) is 0 Å². The van der Waals surface area contributed by atoms with Crippen LogP contribution in [-0.2, 0) is 4.79 Å². The van der Waals surface area contributed by atoms with Crippen LogP contribution in [0.25, 0.3) is 0 Å². The average Bonchev–Trinajstić information content (AvgIpc) is 2.71. The Hall–Kier alpha value is -1.42. The zero-order valence-corrected chi connectivity index (χ0v) is 8.81. The first-order valence-corrected chi connectivity index (χ1v) is 5.01. The van der Waals surface area contributed by atoms with Gasteiger partial charge in [-0.3, -0.25) is 9.78 Å². The summed E-state index contributed by atoms with van der Waals surface area (Å²) < 4.78 is 0. The van der Waals surface area contributed by atoms with Gasteiger partial charge in [-0.2, -0.15) is 0 Å². The Morgan fingerprint density at radius 2 is 2.33 bits per heavy atom. The SMILES string of the molecule is CC(=O)O.c1ccc(C2CCNC2)nc1. The highest BCUT2D eigenvalue weighted by Crippen LogP contribution is 2.18. The van der Waals surface area contributed by atoms with Gasteiger partial charge in [-0.05, 0) is 25.1 Å². The number of hydrogen-bond donors (Lipinski definition) is 2. The van der Waals surface area contributed by atoms with E-state index >= 15 is 0 Å². The third-order valence-corrected chi connectivity index (χ3v) is 2.17. The quantitative estimate of drug-likeness (QED) is 0.729. The molecule has 4 nitrogen and oxygen atoms in total. The molecule has 4 heteroatoms. The molecule has 0 spiro atoms. The van der Waals surface area contributed by atoms with E-state index in [9.17, 15) is 0 Å². The number of carboxylic acid groups (broad SMARTS) is 1. The Labute approximate surface area is 89.3 Å². The largest absolute Gasteiger partial charge is 0.481 e. The molecule has 1 aliphatic heterocycles. The first kappa shape index (κ1) is 11.7. The van der Waals surface area contributed by atoms with E-state index in [1.807, 2.05) is 12.3 Å². The summed E-state index contributed by atoms with van der Waals surface area (Å²) in [7, 11) is 0. The Bertz CT molecular complexity index is 291. The number of hydrogen-bond acceptors (Lipinski definition) is 3. The molecule has 1 aromatic rings. The minimum absolute atomic E-state index is 0.649. The topological polar surface area (TPSA) is 62.2 Å². The van der Waals surface area contributed by atoms with Crippen molar-refractivity contribution in [3.8, 4) is 0 Å². The Morgan fingerprint density at radius 3 is 2.80 bits per heavy atom. The predicted octanol–water partition coefficient (Wildman–Crippen LogP) is 1.25. The summed E-state index contributed by atoms with van der Waals surface area (Å²) in [5.74, 6) is -0.184. The molecule has 0 amide bonds. The van der Waals surface area contributed by atoms with Crippen LogP contribution in [0.2, 0.25) is 0 Å². The summed E-state index contributed by atoms with van der Waals surface area (Å²) in [6.07, 6.45) is 3.10. The summed E-state index contributed by atoms with van der Waals surface area (Å²) in [6.45, 7) is 3.32. The van der Waals surface area contributed by atoms with Crippen molar-refractivity contribution >= 4 is 5.97 Å². The lowest BCUT2D eigenvalue weighted by Gasteiger charge is -2.05. The first-order valence-electron chi connectivity index (χ1n) is 5.01. The van der Waals surface area contributed by atoms with Crippen molar-refractivity contribution in [1.82, 2.24) is 10.3 Å². The summed E-state index contributed by atoms with van der Waals surface area (Å²) in [4.78, 5) is 13.3. The van der Waals surface area contributed by atoms with Crippen LogP contribution < -0.4 is 5.32 Å². The predicted molar refractivity (Wildman–Crippen MR) is 57.8 cm³/mol. The van der Waals surface area contributed by atoms with Crippen molar-refractivity contribution < 1.29 is 9.90 Å². The highest BCUT2D eigenvalue weighted by molar-refractivity contribution is 5.62. The van der Waals surface area contributed by atoms with E-state index in [-0.39, 0.29) is 0 Å². The van der Waals surface area contributed by atoms with Gasteiger partial charge in [0.15, 0.2) is 0 Å². The molecule has 2 N–H and O–H groups in total. The monoisotopic (exact) mass is 208 g/mol. The van der Waals surface area contributed by atoms with Crippen molar-refractivity contribution in [2.75, 3.05) is 13.1 Å². The van der Waals surface area contributed by atoms with Gasteiger partial charge in [0.2, 0.25) is 0 Å². The van der Waals surface area contributed by atoms with E-state index < -0.39 is 5.97 Å². The Balaban J connectivity index is 0.000000245. The molecule has 1 unspecified atom stereocenters. The molecule has 0 saturated carbocycles. The summed E-state index contributed by atoms with van der Waals surface area (Å²) in [5, 5.41) is 10.7. The zero-order valence-electron chi connectivity index (χ0n) is 8.81. The van der Waals surface area contributed by atoms with Gasteiger partial charge in [-0.15, -0.1) is 0 Å². The Morgan fingerprint density at radius 1 is 1.60 bits per heavy atom. The van der Waals surface area contributed by atoms with Gasteiger partial charge < -0.3 is 10.4 Å². The van der Waals surface area contributed by atoms with Gasteiger partial charge in [0.25, 0.3) is 5.97 Å². The summed E-state index contributed by atoms with van der Waals surface area (Å²) >= 11 is 0. The molecule has 1 atom stereocenters. The molecule has 0 aromatic carbocycles. The van der Waals surface area contributed by atoms with Crippen LogP contribution in [0.1, 0.15) is 25.0 Å². The van der Waals surface area contributed by atoms with Crippen molar-refractivity contribution in [2.24, 2.45) is 0 Å². The molecule has 1 aliphatic rings. The van der Waals surface area contributed by atoms with E-state index in [1.54, 1.807) is 0 Å². The van der Waals surface area contributed by atoms with E-state index in [0.717, 1.165) is 20.0 Å². The van der Waals surface area contributed by atoms with Crippen molar-refractivity contribution in [2.45, 2.75) is 19.3 Å². The highest BCUT2D eigenvalue weighted by Gasteiger charge is 2.16. The zero-order chi connectivity index (χ0) is 11.1. The third-order valence-electron chi connectivity index (χ3n) is 2.17. The number of carboxylic acids is 1. The van der Waals surface area contributed by atoms with Gasteiger partial charge in [0.05, 0.1) is 0 Å². The summed E-state index contributed by atoms with van der Waals surface area (Å²) in [6, 6.07) is 6.13. The molecule has 0 bridgehead atoms. The maximum Gasteiger partial charge on any atom is 0.300 e. The van der Waals surface area contributed by atoms with Gasteiger partial charge in [-0.1, -0.05) is 6.07 Å². The molecule has 2 rings (SSSR count). The lowest BCUT2D eigenvalue weighted by molar-refractivity contribution is -0.134. The Kier molecular flexibility index (Phi) is 4.77. The normalized spacial score (nSPS) is 19.1. The lowest BCUT2D eigenvalue weighted by Crippen LogP contribution is -2.08. The fraction of sp³-hybridized carbons (Fsp3) is 0.455. The molecule has 0 radical (unpaired) electrons. The van der Waals surface area contributed by atoms with Crippen LogP contribution in [-0.4, -0.2) is 29.1 Å². The smallest absolute Gasteiger partial charge is 0.300 e.